The molecule has 0 unspecified atom stereocenters. The number of rotatable bonds is 3. The van der Waals surface area contributed by atoms with Gasteiger partial charge in [-0.25, -0.2) is 0 Å². The van der Waals surface area contributed by atoms with Gasteiger partial charge in [-0.1, -0.05) is 19.2 Å². The molecule has 0 radical (unpaired) electrons. The first kappa shape index (κ1) is 7.92. The molecule has 0 aliphatic heterocycles. The van der Waals surface area contributed by atoms with Crippen LogP contribution in [0.5, 0.6) is 0 Å². The number of hydrogen-bond acceptors (Lipinski definition) is 1. The Kier molecular flexibility index (Phi) is 3.01. The molecule has 0 aromatic rings. The molecule has 0 spiro atoms. The van der Waals surface area contributed by atoms with Crippen LogP contribution in [0.4, 0.5) is 0 Å². The Morgan fingerprint density at radius 2 is 2.12 bits per heavy atom. The van der Waals surface area contributed by atoms with Gasteiger partial charge in [-0.2, -0.15) is 0 Å². The van der Waals surface area contributed by atoms with Gasteiger partial charge in [-0.15, -0.1) is 6.58 Å². The molecule has 0 rings (SSSR count). The second kappa shape index (κ2) is 3.05. The van der Waals surface area contributed by atoms with Crippen molar-refractivity contribution in [1.29, 1.82) is 0 Å². The minimum Gasteiger partial charge on any atom is -0.340 e. The number of nitrogens with one attached hydrogen (secondary N) is 1. The predicted octanol–water partition coefficient (Wildman–Crippen LogP) is 1.60. The number of hydrogen-bond donors (Lipinski definition) is 1. The van der Waals surface area contributed by atoms with Crippen molar-refractivity contribution in [1.82, 2.24) is 4.98 Å². The van der Waals surface area contributed by atoms with Crippen LogP contribution < -0.4 is 4.98 Å². The average Bonchev–Trinajstić information content (AvgIpc) is 1.67. The highest BCUT2D eigenvalue weighted by Gasteiger charge is 2.14. The lowest BCUT2D eigenvalue weighted by Crippen LogP contribution is -2.40. The zero-order chi connectivity index (χ0) is 6.62. The Bertz CT molecular complexity index is 78.6. The van der Waals surface area contributed by atoms with Crippen molar-refractivity contribution in [2.45, 2.75) is 19.1 Å². The van der Waals surface area contributed by atoms with Crippen LogP contribution in [0.2, 0.25) is 19.1 Å². The molecule has 0 amide bonds. The van der Waals surface area contributed by atoms with E-state index in [1.807, 2.05) is 13.1 Å². The van der Waals surface area contributed by atoms with E-state index in [-0.39, 0.29) is 0 Å². The van der Waals surface area contributed by atoms with Crippen molar-refractivity contribution in [2.75, 3.05) is 7.05 Å². The highest BCUT2D eigenvalue weighted by molar-refractivity contribution is 6.75. The van der Waals surface area contributed by atoms with Crippen molar-refractivity contribution in [3.8, 4) is 0 Å². The number of allylic oxidation sites excluding steroid dienone is 1. The van der Waals surface area contributed by atoms with Crippen molar-refractivity contribution in [3.05, 3.63) is 12.7 Å². The zero-order valence-electron chi connectivity index (χ0n) is 5.99. The Balaban J connectivity index is 3.53. The van der Waals surface area contributed by atoms with Crippen molar-refractivity contribution in [2.24, 2.45) is 0 Å². The lowest BCUT2D eigenvalue weighted by atomic mass is 10.8. The fraction of sp³-hybridized carbons (Fsp3) is 0.667. The lowest BCUT2D eigenvalue weighted by Gasteiger charge is -2.17. The summed E-state index contributed by atoms with van der Waals surface area (Å²) in [5.74, 6) is 0. The molecule has 1 nitrogen and oxygen atoms in total. The second-order valence-electron chi connectivity index (χ2n) is 2.63. The van der Waals surface area contributed by atoms with Gasteiger partial charge in [0.25, 0.3) is 0 Å². The van der Waals surface area contributed by atoms with Crippen LogP contribution in [0.15, 0.2) is 12.7 Å². The van der Waals surface area contributed by atoms with Crippen LogP contribution in [-0.4, -0.2) is 15.3 Å². The Hall–Kier alpha value is -0.0831. The van der Waals surface area contributed by atoms with Gasteiger partial charge >= 0.3 is 0 Å². The van der Waals surface area contributed by atoms with Crippen LogP contribution in [0.1, 0.15) is 0 Å². The standard InChI is InChI=1S/C6H15NSi/c1-5-6-8(3,4)7-2/h5,7H,1,6H2,2-4H3. The van der Waals surface area contributed by atoms with Gasteiger partial charge in [0.2, 0.25) is 0 Å². The molecule has 0 saturated carbocycles. The summed E-state index contributed by atoms with van der Waals surface area (Å²) < 4.78 is 0. The molecule has 0 aliphatic carbocycles. The Morgan fingerprint density at radius 3 is 2.25 bits per heavy atom. The maximum atomic E-state index is 3.69. The highest BCUT2D eigenvalue weighted by Crippen LogP contribution is 2.02. The normalized spacial score (nSPS) is 11.4. The minimum absolute atomic E-state index is 1.05. The molecule has 2 heteroatoms. The molecule has 0 bridgehead atoms. The SMILES string of the molecule is C=CC[Si](C)(C)NC. The molecule has 0 aromatic carbocycles. The summed E-state index contributed by atoms with van der Waals surface area (Å²) in [7, 11) is 0.978. The van der Waals surface area contributed by atoms with E-state index in [0.717, 1.165) is 6.04 Å². The largest absolute Gasteiger partial charge is 0.340 e. The van der Waals surface area contributed by atoms with Gasteiger partial charge in [0.05, 0.1) is 0 Å². The first-order chi connectivity index (χ1) is 3.62. The smallest absolute Gasteiger partial charge is 0.122 e. The van der Waals surface area contributed by atoms with E-state index >= 15 is 0 Å². The summed E-state index contributed by atoms with van der Waals surface area (Å²) in [4.78, 5) is 3.31. The first-order valence-corrected chi connectivity index (χ1v) is 6.13. The first-order valence-electron chi connectivity index (χ1n) is 2.92. The van der Waals surface area contributed by atoms with Crippen molar-refractivity contribution < 1.29 is 0 Å². The van der Waals surface area contributed by atoms with Crippen molar-refractivity contribution in [3.63, 3.8) is 0 Å². The van der Waals surface area contributed by atoms with Gasteiger partial charge in [0, 0.05) is 0 Å². The van der Waals surface area contributed by atoms with Gasteiger partial charge in [-0.05, 0) is 13.1 Å². The maximum Gasteiger partial charge on any atom is 0.122 e. The van der Waals surface area contributed by atoms with E-state index < -0.39 is 8.24 Å². The maximum absolute atomic E-state index is 3.69. The fourth-order valence-corrected chi connectivity index (χ4v) is 1.39. The average molecular weight is 129 g/mol. The molecule has 0 fully saturated rings. The quantitative estimate of drug-likeness (QED) is 0.451. The fourth-order valence-electron chi connectivity index (χ4n) is 0.463. The van der Waals surface area contributed by atoms with Crippen LogP contribution in [0.3, 0.4) is 0 Å². The molecule has 0 aromatic heterocycles. The molecular weight excluding hydrogens is 114 g/mol. The third-order valence-electron chi connectivity index (χ3n) is 1.33. The molecule has 0 aliphatic rings. The minimum atomic E-state index is -1.05. The van der Waals surface area contributed by atoms with Gasteiger partial charge < -0.3 is 4.98 Å². The van der Waals surface area contributed by atoms with Crippen LogP contribution in [0.25, 0.3) is 0 Å². The zero-order valence-corrected chi connectivity index (χ0v) is 6.99. The molecule has 0 saturated heterocycles. The lowest BCUT2D eigenvalue weighted by molar-refractivity contribution is 1.14. The van der Waals surface area contributed by atoms with E-state index in [4.69, 9.17) is 0 Å². The summed E-state index contributed by atoms with van der Waals surface area (Å²) in [6.07, 6.45) is 1.99. The van der Waals surface area contributed by atoms with E-state index in [2.05, 4.69) is 24.7 Å². The molecule has 8 heavy (non-hydrogen) atoms. The molecule has 48 valence electrons. The van der Waals surface area contributed by atoms with Crippen LogP contribution in [0, 0.1) is 0 Å². The Morgan fingerprint density at radius 1 is 1.62 bits per heavy atom. The van der Waals surface area contributed by atoms with Crippen LogP contribution in [-0.2, 0) is 0 Å². The molecule has 0 heterocycles. The molecular formula is C6H15NSi. The summed E-state index contributed by atoms with van der Waals surface area (Å²) in [6.45, 7) is 8.26. The third kappa shape index (κ3) is 2.99. The summed E-state index contributed by atoms with van der Waals surface area (Å²) >= 11 is 0. The van der Waals surface area contributed by atoms with Gasteiger partial charge in [-0.3, -0.25) is 0 Å². The van der Waals surface area contributed by atoms with Gasteiger partial charge in [0.1, 0.15) is 8.24 Å². The summed E-state index contributed by atoms with van der Waals surface area (Å²) in [6, 6.07) is 1.16. The van der Waals surface area contributed by atoms with Crippen molar-refractivity contribution >= 4 is 8.24 Å². The van der Waals surface area contributed by atoms with E-state index in [9.17, 15) is 0 Å². The predicted molar refractivity (Wildman–Crippen MR) is 41.5 cm³/mol. The van der Waals surface area contributed by atoms with Gasteiger partial charge in [0.15, 0.2) is 0 Å². The van der Waals surface area contributed by atoms with Crippen LogP contribution >= 0.6 is 0 Å². The van der Waals surface area contributed by atoms with E-state index in [1.165, 1.54) is 0 Å². The third-order valence-corrected chi connectivity index (χ3v) is 3.99. The molecule has 1 N–H and O–H groups in total. The monoisotopic (exact) mass is 129 g/mol. The highest BCUT2D eigenvalue weighted by atomic mass is 28.3. The molecule has 0 atom stereocenters. The summed E-state index contributed by atoms with van der Waals surface area (Å²) in [5, 5.41) is 0. The topological polar surface area (TPSA) is 12.0 Å². The Labute approximate surface area is 52.9 Å². The van der Waals surface area contributed by atoms with E-state index in [1.54, 1.807) is 0 Å². The summed E-state index contributed by atoms with van der Waals surface area (Å²) in [5.41, 5.74) is 0. The second-order valence-corrected chi connectivity index (χ2v) is 7.30. The van der Waals surface area contributed by atoms with E-state index in [0.29, 0.717) is 0 Å².